The highest BCUT2D eigenvalue weighted by Crippen LogP contribution is 2.39. The zero-order chi connectivity index (χ0) is 17.9. The van der Waals surface area contributed by atoms with Gasteiger partial charge in [0.2, 0.25) is 6.79 Å². The lowest BCUT2D eigenvalue weighted by atomic mass is 10.2. The van der Waals surface area contributed by atoms with E-state index in [2.05, 4.69) is 15.4 Å². The minimum Gasteiger partial charge on any atom is -0.454 e. The highest BCUT2D eigenvalue weighted by molar-refractivity contribution is 6.32. The van der Waals surface area contributed by atoms with E-state index < -0.39 is 0 Å². The van der Waals surface area contributed by atoms with Crippen LogP contribution in [0, 0.1) is 0 Å². The monoisotopic (exact) mass is 370 g/mol. The van der Waals surface area contributed by atoms with Crippen LogP contribution < -0.4 is 14.8 Å². The average molecular weight is 371 g/mol. The average Bonchev–Trinajstić information content (AvgIpc) is 3.30. The minimum absolute atomic E-state index is 0.0980. The van der Waals surface area contributed by atoms with E-state index >= 15 is 0 Å². The molecule has 3 aromatic rings. The molecule has 0 fully saturated rings. The number of aromatic nitrogens is 3. The summed E-state index contributed by atoms with van der Waals surface area (Å²) < 4.78 is 12.3. The van der Waals surface area contributed by atoms with E-state index in [4.69, 9.17) is 21.1 Å². The van der Waals surface area contributed by atoms with Crippen molar-refractivity contribution in [3.05, 3.63) is 65.1 Å². The molecule has 0 aliphatic carbocycles. The summed E-state index contributed by atoms with van der Waals surface area (Å²) in [6, 6.07) is 10.7. The number of amides is 1. The highest BCUT2D eigenvalue weighted by Gasteiger charge is 2.21. The van der Waals surface area contributed by atoms with Crippen LogP contribution in [0.5, 0.6) is 11.5 Å². The van der Waals surface area contributed by atoms with Crippen LogP contribution in [0.4, 0.5) is 5.82 Å². The SMILES string of the molecule is O=C(Nc1ccn(CCc2ccccn2)n1)c1cc(Cl)c2c(c1)OCO2. The van der Waals surface area contributed by atoms with Gasteiger partial charge >= 0.3 is 0 Å². The number of carbonyl (C=O) groups is 1. The molecular formula is C18H15ClN4O3. The van der Waals surface area contributed by atoms with Crippen LogP contribution >= 0.6 is 11.6 Å². The Morgan fingerprint density at radius 2 is 2.19 bits per heavy atom. The maximum absolute atomic E-state index is 12.4. The summed E-state index contributed by atoms with van der Waals surface area (Å²) in [6.45, 7) is 0.767. The molecule has 4 rings (SSSR count). The quantitative estimate of drug-likeness (QED) is 0.746. The number of aryl methyl sites for hydroxylation is 2. The summed E-state index contributed by atoms with van der Waals surface area (Å²) in [4.78, 5) is 16.7. The first-order valence-corrected chi connectivity index (χ1v) is 8.41. The number of rotatable bonds is 5. The lowest BCUT2D eigenvalue weighted by molar-refractivity contribution is 0.102. The minimum atomic E-state index is -0.319. The number of ether oxygens (including phenoxy) is 2. The summed E-state index contributed by atoms with van der Waals surface area (Å²) in [5.74, 6) is 1.07. The number of carbonyl (C=O) groups excluding carboxylic acids is 1. The maximum atomic E-state index is 12.4. The standard InChI is InChI=1S/C18H15ClN4O3/c19-14-9-12(10-15-17(14)26-11-25-15)18(24)21-16-5-8-23(22-16)7-4-13-3-1-2-6-20-13/h1-3,5-6,8-10H,4,7,11H2,(H,21,22,24). The van der Waals surface area contributed by atoms with Gasteiger partial charge in [0, 0.05) is 42.7 Å². The Bertz CT molecular complexity index is 943. The van der Waals surface area contributed by atoms with Gasteiger partial charge in [-0.05, 0) is 24.3 Å². The van der Waals surface area contributed by atoms with Crippen molar-refractivity contribution >= 4 is 23.3 Å². The molecule has 1 aliphatic rings. The number of pyridine rings is 1. The van der Waals surface area contributed by atoms with Crippen molar-refractivity contribution < 1.29 is 14.3 Å². The molecule has 3 heterocycles. The van der Waals surface area contributed by atoms with E-state index in [9.17, 15) is 4.79 Å². The normalized spacial score (nSPS) is 12.2. The second-order valence-corrected chi connectivity index (χ2v) is 6.09. The van der Waals surface area contributed by atoms with Gasteiger partial charge in [-0.25, -0.2) is 0 Å². The van der Waals surface area contributed by atoms with Gasteiger partial charge in [-0.1, -0.05) is 17.7 Å². The van der Waals surface area contributed by atoms with Crippen LogP contribution in [0.3, 0.4) is 0 Å². The molecule has 8 heteroatoms. The molecule has 1 aliphatic heterocycles. The Labute approximate surface area is 154 Å². The molecule has 0 atom stereocenters. The third-order valence-electron chi connectivity index (χ3n) is 3.89. The predicted molar refractivity (Wildman–Crippen MR) is 95.7 cm³/mol. The summed E-state index contributed by atoms with van der Waals surface area (Å²) in [6.07, 6.45) is 4.33. The molecule has 0 unspecified atom stereocenters. The molecule has 0 spiro atoms. The van der Waals surface area contributed by atoms with E-state index in [1.165, 1.54) is 0 Å². The fourth-order valence-electron chi connectivity index (χ4n) is 2.61. The smallest absolute Gasteiger partial charge is 0.257 e. The topological polar surface area (TPSA) is 78.3 Å². The number of nitrogens with zero attached hydrogens (tertiary/aromatic N) is 3. The Morgan fingerprint density at radius 1 is 1.27 bits per heavy atom. The Morgan fingerprint density at radius 3 is 3.04 bits per heavy atom. The van der Waals surface area contributed by atoms with Gasteiger partial charge in [-0.3, -0.25) is 14.5 Å². The predicted octanol–water partition coefficient (Wildman–Crippen LogP) is 3.16. The Balaban J connectivity index is 1.41. The molecular weight excluding hydrogens is 356 g/mol. The highest BCUT2D eigenvalue weighted by atomic mass is 35.5. The van der Waals surface area contributed by atoms with Crippen LogP contribution in [0.1, 0.15) is 16.1 Å². The van der Waals surface area contributed by atoms with Gasteiger partial charge < -0.3 is 14.8 Å². The van der Waals surface area contributed by atoms with Crippen molar-refractivity contribution in [1.29, 1.82) is 0 Å². The fraction of sp³-hybridized carbons (Fsp3) is 0.167. The molecule has 26 heavy (non-hydrogen) atoms. The number of halogens is 1. The second-order valence-electron chi connectivity index (χ2n) is 5.68. The third kappa shape index (κ3) is 3.48. The molecule has 1 N–H and O–H groups in total. The molecule has 1 amide bonds. The molecule has 1 aromatic carbocycles. The van der Waals surface area contributed by atoms with E-state index in [0.29, 0.717) is 34.4 Å². The van der Waals surface area contributed by atoms with Crippen molar-refractivity contribution in [2.24, 2.45) is 0 Å². The summed E-state index contributed by atoms with van der Waals surface area (Å²) in [7, 11) is 0. The third-order valence-corrected chi connectivity index (χ3v) is 4.18. The first kappa shape index (κ1) is 16.4. The molecule has 0 saturated heterocycles. The van der Waals surface area contributed by atoms with E-state index in [1.807, 2.05) is 24.4 Å². The van der Waals surface area contributed by atoms with Crippen LogP contribution in [0.25, 0.3) is 0 Å². The molecule has 0 bridgehead atoms. The fourth-order valence-corrected chi connectivity index (χ4v) is 2.88. The number of hydrogen-bond acceptors (Lipinski definition) is 5. The van der Waals surface area contributed by atoms with Crippen molar-refractivity contribution in [1.82, 2.24) is 14.8 Å². The van der Waals surface area contributed by atoms with Gasteiger partial charge in [0.05, 0.1) is 5.02 Å². The van der Waals surface area contributed by atoms with Crippen LogP contribution in [-0.4, -0.2) is 27.5 Å². The van der Waals surface area contributed by atoms with E-state index in [-0.39, 0.29) is 12.7 Å². The Kier molecular flexibility index (Phi) is 4.45. The van der Waals surface area contributed by atoms with Gasteiger partial charge in [-0.15, -0.1) is 0 Å². The van der Waals surface area contributed by atoms with Crippen LogP contribution in [0.2, 0.25) is 5.02 Å². The largest absolute Gasteiger partial charge is 0.454 e. The van der Waals surface area contributed by atoms with Crippen molar-refractivity contribution in [2.75, 3.05) is 12.1 Å². The number of fused-ring (bicyclic) bond motifs is 1. The number of nitrogens with one attached hydrogen (secondary N) is 1. The molecule has 0 saturated carbocycles. The van der Waals surface area contributed by atoms with Crippen molar-refractivity contribution in [3.8, 4) is 11.5 Å². The number of hydrogen-bond donors (Lipinski definition) is 1. The molecule has 2 aromatic heterocycles. The molecule has 132 valence electrons. The summed E-state index contributed by atoms with van der Waals surface area (Å²) in [5.41, 5.74) is 1.37. The van der Waals surface area contributed by atoms with Crippen LogP contribution in [-0.2, 0) is 13.0 Å². The zero-order valence-electron chi connectivity index (χ0n) is 13.7. The van der Waals surface area contributed by atoms with Crippen molar-refractivity contribution in [3.63, 3.8) is 0 Å². The lowest BCUT2D eigenvalue weighted by Crippen LogP contribution is -2.13. The van der Waals surface area contributed by atoms with Gasteiger partial charge in [0.25, 0.3) is 5.91 Å². The number of benzene rings is 1. The van der Waals surface area contributed by atoms with E-state index in [1.54, 1.807) is 29.1 Å². The van der Waals surface area contributed by atoms with Gasteiger partial charge in [-0.2, -0.15) is 5.10 Å². The number of anilines is 1. The first-order chi connectivity index (χ1) is 12.7. The summed E-state index contributed by atoms with van der Waals surface area (Å²) >= 11 is 6.11. The van der Waals surface area contributed by atoms with Crippen molar-refractivity contribution in [2.45, 2.75) is 13.0 Å². The first-order valence-electron chi connectivity index (χ1n) is 8.03. The molecule has 0 radical (unpaired) electrons. The van der Waals surface area contributed by atoms with Gasteiger partial charge in [0.15, 0.2) is 17.3 Å². The van der Waals surface area contributed by atoms with Crippen LogP contribution in [0.15, 0.2) is 48.8 Å². The zero-order valence-corrected chi connectivity index (χ0v) is 14.4. The maximum Gasteiger partial charge on any atom is 0.257 e. The second kappa shape index (κ2) is 7.05. The van der Waals surface area contributed by atoms with E-state index in [0.717, 1.165) is 12.1 Å². The Hall–Kier alpha value is -3.06. The molecule has 7 nitrogen and oxygen atoms in total. The van der Waals surface area contributed by atoms with Gasteiger partial charge in [0.1, 0.15) is 0 Å². The lowest BCUT2D eigenvalue weighted by Gasteiger charge is -2.05. The summed E-state index contributed by atoms with van der Waals surface area (Å²) in [5, 5.41) is 7.45.